The van der Waals surface area contributed by atoms with Crippen molar-refractivity contribution in [2.45, 2.75) is 13.5 Å². The summed E-state index contributed by atoms with van der Waals surface area (Å²) in [4.78, 5) is 17.5. The Morgan fingerprint density at radius 1 is 1.06 bits per heavy atom. The number of esters is 1. The quantitative estimate of drug-likeness (QED) is 0.172. The van der Waals surface area contributed by atoms with Crippen LogP contribution < -0.4 is 0 Å². The summed E-state index contributed by atoms with van der Waals surface area (Å²) in [5.74, 6) is -0.355. The molecule has 5 aromatic rings. The molecule has 0 saturated heterocycles. The summed E-state index contributed by atoms with van der Waals surface area (Å²) >= 11 is 14.0. The second kappa shape index (κ2) is 9.63. The number of hydrogen-bond donors (Lipinski definition) is 0. The second-order valence-electron chi connectivity index (χ2n) is 7.72. The molecule has 4 nitrogen and oxygen atoms in total. The number of carbonyl (C=O) groups is 1. The van der Waals surface area contributed by atoms with Crippen molar-refractivity contribution in [1.29, 1.82) is 0 Å². The van der Waals surface area contributed by atoms with E-state index in [-0.39, 0.29) is 5.97 Å². The van der Waals surface area contributed by atoms with E-state index in [0.717, 1.165) is 32.1 Å². The van der Waals surface area contributed by atoms with Crippen molar-refractivity contribution in [3.63, 3.8) is 0 Å². The van der Waals surface area contributed by atoms with Gasteiger partial charge in [-0.3, -0.25) is 0 Å². The van der Waals surface area contributed by atoms with E-state index < -0.39 is 0 Å². The molecule has 0 bridgehead atoms. The topological polar surface area (TPSA) is 43.6 Å². The molecule has 7 heteroatoms. The summed E-state index contributed by atoms with van der Waals surface area (Å²) < 4.78 is 8.45. The molecule has 0 amide bonds. The fourth-order valence-electron chi connectivity index (χ4n) is 3.99. The highest BCUT2D eigenvalue weighted by molar-refractivity contribution is 7.23. The van der Waals surface area contributed by atoms with Crippen LogP contribution in [0, 0.1) is 0 Å². The predicted molar refractivity (Wildman–Crippen MR) is 143 cm³/mol. The minimum Gasteiger partial charge on any atom is -0.462 e. The SMILES string of the molecule is CCOC(=O)c1c(N=Cc2cn(Cc3ccc(Cl)cc3Cl)c3ccccc23)sc2ccccc12. The Balaban J connectivity index is 1.56. The lowest BCUT2D eigenvalue weighted by molar-refractivity contribution is 0.0530. The number of halogens is 2. The van der Waals surface area contributed by atoms with Crippen LogP contribution >= 0.6 is 34.5 Å². The molecule has 0 atom stereocenters. The van der Waals surface area contributed by atoms with Crippen LogP contribution in [-0.4, -0.2) is 23.4 Å². The van der Waals surface area contributed by atoms with Gasteiger partial charge in [-0.25, -0.2) is 9.79 Å². The molecular formula is C27H20Cl2N2O2S. The van der Waals surface area contributed by atoms with Gasteiger partial charge in [0.1, 0.15) is 10.6 Å². The van der Waals surface area contributed by atoms with Gasteiger partial charge in [0.2, 0.25) is 0 Å². The third-order valence-electron chi connectivity index (χ3n) is 5.55. The predicted octanol–water partition coefficient (Wildman–Crippen LogP) is 8.14. The van der Waals surface area contributed by atoms with Gasteiger partial charge in [-0.2, -0.15) is 0 Å². The summed E-state index contributed by atoms with van der Waals surface area (Å²) in [6, 6.07) is 21.5. The van der Waals surface area contributed by atoms with E-state index in [4.69, 9.17) is 32.9 Å². The number of fused-ring (bicyclic) bond motifs is 2. The average Bonchev–Trinajstić information content (AvgIpc) is 3.38. The smallest absolute Gasteiger partial charge is 0.341 e. The van der Waals surface area contributed by atoms with Gasteiger partial charge in [0.15, 0.2) is 0 Å². The molecular weight excluding hydrogens is 487 g/mol. The van der Waals surface area contributed by atoms with Crippen molar-refractivity contribution in [1.82, 2.24) is 4.57 Å². The van der Waals surface area contributed by atoms with Gasteiger partial charge in [0.05, 0.1) is 6.61 Å². The third kappa shape index (κ3) is 4.34. The van der Waals surface area contributed by atoms with Crippen molar-refractivity contribution >= 4 is 72.7 Å². The van der Waals surface area contributed by atoms with E-state index in [2.05, 4.69) is 22.9 Å². The van der Waals surface area contributed by atoms with Crippen LogP contribution in [0.25, 0.3) is 21.0 Å². The minimum atomic E-state index is -0.355. The molecule has 34 heavy (non-hydrogen) atoms. The Morgan fingerprint density at radius 3 is 2.62 bits per heavy atom. The zero-order chi connectivity index (χ0) is 23.7. The molecule has 0 saturated carbocycles. The van der Waals surface area contributed by atoms with Crippen LogP contribution in [0.15, 0.2) is 77.9 Å². The second-order valence-corrected chi connectivity index (χ2v) is 9.60. The van der Waals surface area contributed by atoms with E-state index in [0.29, 0.717) is 33.8 Å². The molecule has 0 spiro atoms. The standard InChI is InChI=1S/C27H20Cl2N2O2S/c1-2-33-27(32)25-21-8-4-6-10-24(21)34-26(25)30-14-18-16-31(23-9-5-3-7-20(18)23)15-17-11-12-19(28)13-22(17)29/h3-14,16H,2,15H2,1H3. The van der Waals surface area contributed by atoms with Crippen molar-refractivity contribution in [2.75, 3.05) is 6.61 Å². The Labute approximate surface area is 211 Å². The first-order chi connectivity index (χ1) is 16.5. The number of rotatable bonds is 6. The molecule has 3 aromatic carbocycles. The Bertz CT molecular complexity index is 1550. The van der Waals surface area contributed by atoms with Gasteiger partial charge in [-0.05, 0) is 36.8 Å². The Kier molecular flexibility index (Phi) is 6.42. The molecule has 0 aliphatic carbocycles. The zero-order valence-electron chi connectivity index (χ0n) is 18.3. The van der Waals surface area contributed by atoms with Gasteiger partial charge in [0.25, 0.3) is 0 Å². The fourth-order valence-corrected chi connectivity index (χ4v) is 5.50. The summed E-state index contributed by atoms with van der Waals surface area (Å²) in [7, 11) is 0. The number of benzene rings is 3. The first-order valence-electron chi connectivity index (χ1n) is 10.8. The van der Waals surface area contributed by atoms with Gasteiger partial charge < -0.3 is 9.30 Å². The normalized spacial score (nSPS) is 11.6. The molecule has 2 aromatic heterocycles. The molecule has 0 N–H and O–H groups in total. The van der Waals surface area contributed by atoms with Crippen LogP contribution in [-0.2, 0) is 11.3 Å². The van der Waals surface area contributed by atoms with Gasteiger partial charge in [0, 0.05) is 55.6 Å². The van der Waals surface area contributed by atoms with Crippen molar-refractivity contribution in [3.8, 4) is 0 Å². The number of para-hydroxylation sites is 1. The highest BCUT2D eigenvalue weighted by Crippen LogP contribution is 2.38. The van der Waals surface area contributed by atoms with Crippen LogP contribution in [0.2, 0.25) is 10.0 Å². The maximum absolute atomic E-state index is 12.7. The highest BCUT2D eigenvalue weighted by atomic mass is 35.5. The summed E-state index contributed by atoms with van der Waals surface area (Å²) in [6.45, 7) is 2.71. The maximum Gasteiger partial charge on any atom is 0.341 e. The molecule has 0 aliphatic heterocycles. The summed E-state index contributed by atoms with van der Waals surface area (Å²) in [5, 5.41) is 3.80. The largest absolute Gasteiger partial charge is 0.462 e. The van der Waals surface area contributed by atoms with E-state index >= 15 is 0 Å². The molecule has 5 rings (SSSR count). The first kappa shape index (κ1) is 22.7. The number of hydrogen-bond acceptors (Lipinski definition) is 4. The molecule has 0 radical (unpaired) electrons. The molecule has 170 valence electrons. The third-order valence-corrected chi connectivity index (χ3v) is 7.22. The molecule has 0 unspecified atom stereocenters. The number of aliphatic imine (C=N–C) groups is 1. The molecule has 0 aliphatic rings. The number of thiophene rings is 1. The van der Waals surface area contributed by atoms with Crippen LogP contribution in [0.5, 0.6) is 0 Å². The Hall–Kier alpha value is -3.12. The lowest BCUT2D eigenvalue weighted by atomic mass is 10.1. The lowest BCUT2D eigenvalue weighted by Gasteiger charge is -2.08. The van der Waals surface area contributed by atoms with E-state index in [1.165, 1.54) is 11.3 Å². The maximum atomic E-state index is 12.7. The van der Waals surface area contributed by atoms with Gasteiger partial charge in [-0.15, -0.1) is 11.3 Å². The zero-order valence-corrected chi connectivity index (χ0v) is 20.6. The lowest BCUT2D eigenvalue weighted by Crippen LogP contribution is -2.03. The number of ether oxygens (including phenoxy) is 1. The number of nitrogens with zero attached hydrogens (tertiary/aromatic N) is 2. The first-order valence-corrected chi connectivity index (χ1v) is 12.4. The van der Waals surface area contributed by atoms with Gasteiger partial charge >= 0.3 is 5.97 Å². The van der Waals surface area contributed by atoms with Crippen molar-refractivity contribution in [3.05, 3.63) is 99.7 Å². The van der Waals surface area contributed by atoms with Crippen molar-refractivity contribution < 1.29 is 9.53 Å². The molecule has 2 heterocycles. The van der Waals surface area contributed by atoms with E-state index in [9.17, 15) is 4.79 Å². The average molecular weight is 507 g/mol. The number of aromatic nitrogens is 1. The minimum absolute atomic E-state index is 0.312. The van der Waals surface area contributed by atoms with Crippen LogP contribution in [0.3, 0.4) is 0 Å². The van der Waals surface area contributed by atoms with Gasteiger partial charge in [-0.1, -0.05) is 65.7 Å². The highest BCUT2D eigenvalue weighted by Gasteiger charge is 2.19. The van der Waals surface area contributed by atoms with E-state index in [1.807, 2.05) is 54.7 Å². The monoisotopic (exact) mass is 506 g/mol. The number of carbonyl (C=O) groups excluding carboxylic acids is 1. The van der Waals surface area contributed by atoms with Crippen LogP contribution in [0.4, 0.5) is 5.00 Å². The summed E-state index contributed by atoms with van der Waals surface area (Å²) in [5.41, 5.74) is 3.50. The Morgan fingerprint density at radius 2 is 1.82 bits per heavy atom. The van der Waals surface area contributed by atoms with Crippen LogP contribution in [0.1, 0.15) is 28.4 Å². The van der Waals surface area contributed by atoms with E-state index in [1.54, 1.807) is 13.0 Å². The van der Waals surface area contributed by atoms with Crippen molar-refractivity contribution in [2.24, 2.45) is 4.99 Å². The summed E-state index contributed by atoms with van der Waals surface area (Å²) in [6.07, 6.45) is 3.87. The molecule has 0 fully saturated rings. The fraction of sp³-hybridized carbons (Fsp3) is 0.111.